The molecule has 3 rings (SSSR count). The van der Waals surface area contributed by atoms with E-state index in [0.29, 0.717) is 13.0 Å². The quantitative estimate of drug-likeness (QED) is 0.871. The molecule has 2 aromatic rings. The lowest BCUT2D eigenvalue weighted by Crippen LogP contribution is -2.48. The number of hydrogen-bond acceptors (Lipinski definition) is 3. The number of hydrogen-bond donors (Lipinski definition) is 1. The van der Waals surface area contributed by atoms with Crippen LogP contribution in [0.2, 0.25) is 0 Å². The van der Waals surface area contributed by atoms with Gasteiger partial charge in [0.1, 0.15) is 6.04 Å². The average molecular weight is 311 g/mol. The molecule has 1 atom stereocenters. The first kappa shape index (κ1) is 15.0. The highest BCUT2D eigenvalue weighted by Crippen LogP contribution is 2.24. The number of benzene rings is 1. The highest BCUT2D eigenvalue weighted by molar-refractivity contribution is 5.94. The Bertz CT molecular complexity index is 779. The number of fused-ring (bicyclic) bond motifs is 1. The number of carbonyl (C=O) groups excluding carboxylic acids is 1. The van der Waals surface area contributed by atoms with Gasteiger partial charge in [0, 0.05) is 32.3 Å². The maximum Gasteiger partial charge on any atom is 0.326 e. The van der Waals surface area contributed by atoms with Crippen molar-refractivity contribution in [2.24, 2.45) is 7.05 Å². The summed E-state index contributed by atoms with van der Waals surface area (Å²) in [6.45, 7) is 0.307. The third kappa shape index (κ3) is 3.01. The Morgan fingerprint density at radius 2 is 2.00 bits per heavy atom. The Hall–Kier alpha value is -2.89. The second-order valence-electron chi connectivity index (χ2n) is 5.51. The topological polar surface area (TPSA) is 75.4 Å². The summed E-state index contributed by atoms with van der Waals surface area (Å²) in [5.74, 6) is -1.30. The van der Waals surface area contributed by atoms with Crippen LogP contribution in [0.4, 0.5) is 0 Å². The molecule has 1 aromatic heterocycles. The van der Waals surface area contributed by atoms with E-state index in [4.69, 9.17) is 0 Å². The van der Waals surface area contributed by atoms with Crippen molar-refractivity contribution >= 4 is 18.0 Å². The standard InChI is InChI=1S/C17H17N3O3/c1-19-14(8-9-18-19)6-7-16(21)20-11-13-5-3-2-4-12(13)10-15(20)17(22)23/h2-9,15H,10-11H2,1H3,(H,22,23)/b7-6+. The lowest BCUT2D eigenvalue weighted by Gasteiger charge is -2.33. The van der Waals surface area contributed by atoms with Crippen molar-refractivity contribution in [3.05, 3.63) is 59.4 Å². The molecule has 0 radical (unpaired) electrons. The van der Waals surface area contributed by atoms with E-state index in [1.54, 1.807) is 30.1 Å². The molecule has 0 spiro atoms. The van der Waals surface area contributed by atoms with E-state index >= 15 is 0 Å². The zero-order chi connectivity index (χ0) is 16.4. The van der Waals surface area contributed by atoms with E-state index in [2.05, 4.69) is 5.10 Å². The number of aliphatic carboxylic acids is 1. The Morgan fingerprint density at radius 1 is 1.26 bits per heavy atom. The molecule has 6 heteroatoms. The zero-order valence-electron chi connectivity index (χ0n) is 12.7. The van der Waals surface area contributed by atoms with Crippen LogP contribution in [-0.2, 0) is 29.6 Å². The normalized spacial score (nSPS) is 17.3. The van der Waals surface area contributed by atoms with Gasteiger partial charge in [0.25, 0.3) is 0 Å². The lowest BCUT2D eigenvalue weighted by atomic mass is 9.94. The molecule has 0 bridgehead atoms. The van der Waals surface area contributed by atoms with Crippen LogP contribution < -0.4 is 0 Å². The zero-order valence-corrected chi connectivity index (χ0v) is 12.7. The summed E-state index contributed by atoms with van der Waals surface area (Å²) in [7, 11) is 1.78. The first-order valence-electron chi connectivity index (χ1n) is 7.32. The van der Waals surface area contributed by atoms with E-state index in [0.717, 1.165) is 16.8 Å². The van der Waals surface area contributed by atoms with Crippen LogP contribution in [0.5, 0.6) is 0 Å². The van der Waals surface area contributed by atoms with Gasteiger partial charge >= 0.3 is 5.97 Å². The van der Waals surface area contributed by atoms with E-state index < -0.39 is 12.0 Å². The molecule has 1 N–H and O–H groups in total. The minimum absolute atomic E-state index is 0.307. The van der Waals surface area contributed by atoms with Crippen LogP contribution in [0.1, 0.15) is 16.8 Å². The summed E-state index contributed by atoms with van der Waals surface area (Å²) in [5.41, 5.74) is 2.76. The number of nitrogens with zero attached hydrogens (tertiary/aromatic N) is 3. The lowest BCUT2D eigenvalue weighted by molar-refractivity contribution is -0.149. The van der Waals surface area contributed by atoms with Gasteiger partial charge in [0.2, 0.25) is 5.91 Å². The summed E-state index contributed by atoms with van der Waals surface area (Å²) in [4.78, 5) is 25.4. The Morgan fingerprint density at radius 3 is 2.65 bits per heavy atom. The average Bonchev–Trinajstić information content (AvgIpc) is 2.96. The number of aromatic nitrogens is 2. The number of carboxylic acids is 1. The predicted molar refractivity (Wildman–Crippen MR) is 84.4 cm³/mol. The van der Waals surface area contributed by atoms with E-state index in [-0.39, 0.29) is 5.91 Å². The number of rotatable bonds is 3. The molecular formula is C17H17N3O3. The Balaban J connectivity index is 1.85. The molecule has 1 aliphatic heterocycles. The fourth-order valence-electron chi connectivity index (χ4n) is 2.78. The molecular weight excluding hydrogens is 294 g/mol. The van der Waals surface area contributed by atoms with Gasteiger partial charge in [-0.1, -0.05) is 24.3 Å². The maximum absolute atomic E-state index is 12.5. The van der Waals surface area contributed by atoms with Crippen molar-refractivity contribution in [1.82, 2.24) is 14.7 Å². The van der Waals surface area contributed by atoms with Gasteiger partial charge in [-0.15, -0.1) is 0 Å². The van der Waals surface area contributed by atoms with Crippen molar-refractivity contribution < 1.29 is 14.7 Å². The van der Waals surface area contributed by atoms with Crippen molar-refractivity contribution in [3.63, 3.8) is 0 Å². The molecule has 0 fully saturated rings. The molecule has 1 aliphatic rings. The van der Waals surface area contributed by atoms with Gasteiger partial charge in [0.05, 0.1) is 5.69 Å². The molecule has 118 valence electrons. The molecule has 0 aliphatic carbocycles. The van der Waals surface area contributed by atoms with Crippen molar-refractivity contribution in [1.29, 1.82) is 0 Å². The highest BCUT2D eigenvalue weighted by Gasteiger charge is 2.33. The fourth-order valence-corrected chi connectivity index (χ4v) is 2.78. The van der Waals surface area contributed by atoms with Crippen LogP contribution in [-0.4, -0.2) is 37.7 Å². The second kappa shape index (κ2) is 6.08. The SMILES string of the molecule is Cn1nccc1/C=C/C(=O)N1Cc2ccccc2CC1C(=O)O. The second-order valence-corrected chi connectivity index (χ2v) is 5.51. The molecule has 1 unspecified atom stereocenters. The Kier molecular flexibility index (Phi) is 3.97. The van der Waals surface area contributed by atoms with Gasteiger partial charge in [-0.25, -0.2) is 4.79 Å². The predicted octanol–water partition coefficient (Wildman–Crippen LogP) is 1.47. The van der Waals surface area contributed by atoms with Crippen LogP contribution in [0.15, 0.2) is 42.6 Å². The third-order valence-corrected chi connectivity index (χ3v) is 4.07. The van der Waals surface area contributed by atoms with Gasteiger partial charge in [-0.2, -0.15) is 5.10 Å². The summed E-state index contributed by atoms with van der Waals surface area (Å²) in [6.07, 6.45) is 5.02. The van der Waals surface area contributed by atoms with Crippen molar-refractivity contribution in [3.8, 4) is 0 Å². The van der Waals surface area contributed by atoms with Crippen LogP contribution in [0, 0.1) is 0 Å². The number of carboxylic acid groups (broad SMARTS) is 1. The van der Waals surface area contributed by atoms with Crippen LogP contribution in [0.25, 0.3) is 6.08 Å². The maximum atomic E-state index is 12.5. The van der Waals surface area contributed by atoms with Gasteiger partial charge in [0.15, 0.2) is 0 Å². The highest BCUT2D eigenvalue weighted by atomic mass is 16.4. The summed E-state index contributed by atoms with van der Waals surface area (Å²) in [5, 5.41) is 13.5. The smallest absolute Gasteiger partial charge is 0.326 e. The van der Waals surface area contributed by atoms with E-state index in [1.165, 1.54) is 11.0 Å². The van der Waals surface area contributed by atoms with Gasteiger partial charge < -0.3 is 10.0 Å². The van der Waals surface area contributed by atoms with Gasteiger partial charge in [-0.3, -0.25) is 9.48 Å². The monoisotopic (exact) mass is 311 g/mol. The van der Waals surface area contributed by atoms with Gasteiger partial charge in [-0.05, 0) is 23.3 Å². The molecule has 23 heavy (non-hydrogen) atoms. The summed E-state index contributed by atoms with van der Waals surface area (Å²) >= 11 is 0. The first-order chi connectivity index (χ1) is 11.1. The van der Waals surface area contributed by atoms with E-state index in [9.17, 15) is 14.7 Å². The van der Waals surface area contributed by atoms with Crippen molar-refractivity contribution in [2.75, 3.05) is 0 Å². The number of carbonyl (C=O) groups is 2. The minimum Gasteiger partial charge on any atom is -0.480 e. The first-order valence-corrected chi connectivity index (χ1v) is 7.32. The Labute approximate surface area is 133 Å². The number of amides is 1. The third-order valence-electron chi connectivity index (χ3n) is 4.07. The fraction of sp³-hybridized carbons (Fsp3) is 0.235. The van der Waals surface area contributed by atoms with Crippen LogP contribution in [0.3, 0.4) is 0 Å². The molecule has 1 amide bonds. The molecule has 1 aromatic carbocycles. The molecule has 0 saturated heterocycles. The summed E-state index contributed by atoms with van der Waals surface area (Å²) < 4.78 is 1.64. The summed E-state index contributed by atoms with van der Waals surface area (Å²) in [6, 6.07) is 8.57. The number of aryl methyl sites for hydroxylation is 1. The van der Waals surface area contributed by atoms with Crippen molar-refractivity contribution in [2.45, 2.75) is 19.0 Å². The van der Waals surface area contributed by atoms with Crippen LogP contribution >= 0.6 is 0 Å². The van der Waals surface area contributed by atoms with E-state index in [1.807, 2.05) is 24.3 Å². The molecule has 2 heterocycles. The minimum atomic E-state index is -0.984. The largest absolute Gasteiger partial charge is 0.480 e. The molecule has 6 nitrogen and oxygen atoms in total. The molecule has 0 saturated carbocycles.